The number of anilines is 1. The third-order valence-corrected chi connectivity index (χ3v) is 4.16. The number of carbonyl (C=O) groups excluding carboxylic acids is 1. The number of hydrogen-bond acceptors (Lipinski definition) is 4. The molecule has 0 aliphatic carbocycles. The molecule has 102 valence electrons. The molecule has 3 nitrogen and oxygen atoms in total. The lowest BCUT2D eigenvalue weighted by molar-refractivity contribution is 0.103. The summed E-state index contributed by atoms with van der Waals surface area (Å²) in [6, 6.07) is 9.58. The molecule has 0 aliphatic heterocycles. The van der Waals surface area contributed by atoms with Crippen LogP contribution in [-0.4, -0.2) is 18.7 Å². The maximum Gasteiger partial charge on any atom is 0.267 e. The molecule has 0 atom stereocenters. The molecule has 2 aromatic rings. The summed E-state index contributed by atoms with van der Waals surface area (Å²) in [7, 11) is 0. The van der Waals surface area contributed by atoms with Gasteiger partial charge in [-0.1, -0.05) is 17.9 Å². The zero-order chi connectivity index (χ0) is 14.4. The average Bonchev–Trinajstić information content (AvgIpc) is 2.93. The summed E-state index contributed by atoms with van der Waals surface area (Å²) < 4.78 is 0. The zero-order valence-corrected chi connectivity index (χ0v) is 12.6. The number of thioether (sulfide) groups is 1. The van der Waals surface area contributed by atoms with Gasteiger partial charge in [-0.25, -0.2) is 0 Å². The minimum atomic E-state index is -0.139. The van der Waals surface area contributed by atoms with E-state index in [2.05, 4.69) is 17.2 Å². The van der Waals surface area contributed by atoms with E-state index in [1.54, 1.807) is 11.8 Å². The maximum absolute atomic E-state index is 12.3. The summed E-state index contributed by atoms with van der Waals surface area (Å²) in [6.07, 6.45) is 2.00. The fourth-order valence-electron chi connectivity index (χ4n) is 1.62. The number of amides is 1. The Balaban J connectivity index is 2.18. The molecule has 0 aliphatic rings. The summed E-state index contributed by atoms with van der Waals surface area (Å²) in [4.78, 5) is 14.0. The van der Waals surface area contributed by atoms with Gasteiger partial charge in [0.1, 0.15) is 4.88 Å². The molecule has 0 unspecified atom stereocenters. The van der Waals surface area contributed by atoms with E-state index in [0.29, 0.717) is 4.88 Å². The lowest BCUT2D eigenvalue weighted by Gasteiger charge is -2.05. The van der Waals surface area contributed by atoms with Crippen molar-refractivity contribution >= 4 is 34.7 Å². The van der Waals surface area contributed by atoms with Crippen molar-refractivity contribution in [2.24, 2.45) is 5.73 Å². The molecular formula is C15H14N2OS2. The molecule has 0 saturated heterocycles. The van der Waals surface area contributed by atoms with Crippen molar-refractivity contribution in [3.63, 3.8) is 0 Å². The number of thiophene rings is 1. The van der Waals surface area contributed by atoms with E-state index in [1.807, 2.05) is 42.0 Å². The summed E-state index contributed by atoms with van der Waals surface area (Å²) in [5, 5.41) is 4.75. The van der Waals surface area contributed by atoms with Crippen LogP contribution in [0.5, 0.6) is 0 Å². The minimum absolute atomic E-state index is 0.139. The Kier molecular flexibility index (Phi) is 5.24. The number of hydrogen-bond donors (Lipinski definition) is 2. The smallest absolute Gasteiger partial charge is 0.267 e. The van der Waals surface area contributed by atoms with Crippen molar-refractivity contribution in [2.75, 3.05) is 18.1 Å². The zero-order valence-electron chi connectivity index (χ0n) is 11.0. The van der Waals surface area contributed by atoms with Crippen molar-refractivity contribution in [3.05, 3.63) is 46.2 Å². The highest BCUT2D eigenvalue weighted by Gasteiger charge is 2.12. The van der Waals surface area contributed by atoms with Crippen molar-refractivity contribution < 1.29 is 4.79 Å². The predicted octanol–water partition coefficient (Wildman–Crippen LogP) is 3.03. The topological polar surface area (TPSA) is 55.1 Å². The van der Waals surface area contributed by atoms with E-state index in [4.69, 9.17) is 5.73 Å². The Hall–Kier alpha value is -1.74. The van der Waals surface area contributed by atoms with Gasteiger partial charge in [-0.05, 0) is 35.9 Å². The van der Waals surface area contributed by atoms with E-state index in [0.717, 1.165) is 16.1 Å². The first kappa shape index (κ1) is 14.7. The monoisotopic (exact) mass is 302 g/mol. The van der Waals surface area contributed by atoms with Gasteiger partial charge in [-0.2, -0.15) is 0 Å². The van der Waals surface area contributed by atoms with Crippen molar-refractivity contribution in [3.8, 4) is 11.8 Å². The van der Waals surface area contributed by atoms with Gasteiger partial charge >= 0.3 is 0 Å². The molecule has 1 aromatic heterocycles. The standard InChI is InChI=1S/C15H14N2OS2/c1-19-13-6-2-5-12(10-13)17-15(18)14-11(4-3-8-16)7-9-20-14/h2,5-7,9-10H,8,16H2,1H3,(H,17,18). The summed E-state index contributed by atoms with van der Waals surface area (Å²) >= 11 is 3.01. The van der Waals surface area contributed by atoms with Crippen molar-refractivity contribution in [2.45, 2.75) is 4.90 Å². The van der Waals surface area contributed by atoms with Gasteiger partial charge in [0.05, 0.1) is 6.54 Å². The van der Waals surface area contributed by atoms with Crippen LogP contribution in [0.4, 0.5) is 5.69 Å². The Morgan fingerprint density at radius 1 is 1.45 bits per heavy atom. The highest BCUT2D eigenvalue weighted by molar-refractivity contribution is 7.98. The van der Waals surface area contributed by atoms with Crippen LogP contribution in [0.2, 0.25) is 0 Å². The largest absolute Gasteiger partial charge is 0.321 e. The van der Waals surface area contributed by atoms with Gasteiger partial charge in [0.15, 0.2) is 0 Å². The predicted molar refractivity (Wildman–Crippen MR) is 86.4 cm³/mol. The normalized spacial score (nSPS) is 9.70. The van der Waals surface area contributed by atoms with E-state index in [1.165, 1.54) is 11.3 Å². The first-order valence-corrected chi connectivity index (χ1v) is 8.07. The Morgan fingerprint density at radius 2 is 2.30 bits per heavy atom. The minimum Gasteiger partial charge on any atom is -0.321 e. The van der Waals surface area contributed by atoms with Crippen molar-refractivity contribution in [1.82, 2.24) is 0 Å². The van der Waals surface area contributed by atoms with Gasteiger partial charge in [0.2, 0.25) is 0 Å². The molecule has 0 saturated carbocycles. The second-order valence-corrected chi connectivity index (χ2v) is 5.65. The SMILES string of the molecule is CSc1cccc(NC(=O)c2sccc2C#CCN)c1. The van der Waals surface area contributed by atoms with Crippen LogP contribution in [0.25, 0.3) is 0 Å². The number of benzene rings is 1. The first-order valence-electron chi connectivity index (χ1n) is 5.96. The van der Waals surface area contributed by atoms with E-state index in [-0.39, 0.29) is 12.5 Å². The molecule has 2 rings (SSSR count). The molecule has 20 heavy (non-hydrogen) atoms. The number of nitrogens with two attached hydrogens (primary N) is 1. The third kappa shape index (κ3) is 3.64. The van der Waals surface area contributed by atoms with Gasteiger partial charge in [-0.15, -0.1) is 23.1 Å². The quantitative estimate of drug-likeness (QED) is 0.677. The molecular weight excluding hydrogens is 288 g/mol. The number of rotatable bonds is 3. The van der Waals surface area contributed by atoms with Crippen LogP contribution in [0.3, 0.4) is 0 Å². The second kappa shape index (κ2) is 7.15. The second-order valence-electron chi connectivity index (χ2n) is 3.86. The van der Waals surface area contributed by atoms with Crippen LogP contribution in [0.1, 0.15) is 15.2 Å². The van der Waals surface area contributed by atoms with Gasteiger partial charge in [0, 0.05) is 16.1 Å². The lowest BCUT2D eigenvalue weighted by Crippen LogP contribution is -2.11. The molecule has 1 aromatic carbocycles. The highest BCUT2D eigenvalue weighted by atomic mass is 32.2. The van der Waals surface area contributed by atoms with Crippen LogP contribution in [0.15, 0.2) is 40.6 Å². The summed E-state index contributed by atoms with van der Waals surface area (Å²) in [6.45, 7) is 0.284. The Morgan fingerprint density at radius 3 is 3.05 bits per heavy atom. The third-order valence-electron chi connectivity index (χ3n) is 2.52. The highest BCUT2D eigenvalue weighted by Crippen LogP contribution is 2.21. The molecule has 1 heterocycles. The lowest BCUT2D eigenvalue weighted by atomic mass is 10.2. The van der Waals surface area contributed by atoms with Gasteiger partial charge in [-0.3, -0.25) is 4.79 Å². The molecule has 1 amide bonds. The maximum atomic E-state index is 12.3. The van der Waals surface area contributed by atoms with Crippen LogP contribution in [-0.2, 0) is 0 Å². The molecule has 0 radical (unpaired) electrons. The van der Waals surface area contributed by atoms with Crippen molar-refractivity contribution in [1.29, 1.82) is 0 Å². The molecule has 3 N–H and O–H groups in total. The first-order chi connectivity index (χ1) is 9.74. The molecule has 0 bridgehead atoms. The summed E-state index contributed by atoms with van der Waals surface area (Å²) in [5.74, 6) is 5.54. The van der Waals surface area contributed by atoms with Crippen LogP contribution < -0.4 is 11.1 Å². The fraction of sp³-hybridized carbons (Fsp3) is 0.133. The fourth-order valence-corrected chi connectivity index (χ4v) is 2.82. The van der Waals surface area contributed by atoms with Crippen LogP contribution in [0, 0.1) is 11.8 Å². The number of nitrogens with one attached hydrogen (secondary N) is 1. The molecule has 5 heteroatoms. The summed E-state index contributed by atoms with van der Waals surface area (Å²) in [5.41, 5.74) is 6.86. The van der Waals surface area contributed by atoms with E-state index < -0.39 is 0 Å². The number of carbonyl (C=O) groups is 1. The van der Waals surface area contributed by atoms with E-state index >= 15 is 0 Å². The average molecular weight is 302 g/mol. The van der Waals surface area contributed by atoms with Gasteiger partial charge < -0.3 is 11.1 Å². The Bertz CT molecular complexity index is 668. The molecule has 0 spiro atoms. The van der Waals surface area contributed by atoms with Gasteiger partial charge in [0.25, 0.3) is 5.91 Å². The van der Waals surface area contributed by atoms with E-state index in [9.17, 15) is 4.79 Å². The molecule has 0 fully saturated rings. The van der Waals surface area contributed by atoms with Crippen LogP contribution >= 0.6 is 23.1 Å². The Labute approximate surface area is 126 Å².